The van der Waals surface area contributed by atoms with Gasteiger partial charge in [0.2, 0.25) is 15.9 Å². The maximum atomic E-state index is 11.7. The fraction of sp³-hybridized carbons (Fsp3) is 0.636. The number of carbonyl (C=O) groups is 1. The summed E-state index contributed by atoms with van der Waals surface area (Å²) in [7, 11) is -3.34. The highest BCUT2D eigenvalue weighted by Crippen LogP contribution is 2.26. The molecular weight excluding hydrogens is 302 g/mol. The van der Waals surface area contributed by atoms with Gasteiger partial charge in [0.05, 0.1) is 24.5 Å². The third kappa shape index (κ3) is 4.73. The molecule has 0 aliphatic heterocycles. The monoisotopic (exact) mass is 319 g/mol. The van der Waals surface area contributed by atoms with Crippen LogP contribution in [-0.4, -0.2) is 43.3 Å². The van der Waals surface area contributed by atoms with Gasteiger partial charge in [-0.15, -0.1) is 11.3 Å². The highest BCUT2D eigenvalue weighted by atomic mass is 32.2. The van der Waals surface area contributed by atoms with Crippen molar-refractivity contribution in [3.8, 4) is 0 Å². The van der Waals surface area contributed by atoms with Gasteiger partial charge >= 0.3 is 0 Å². The summed E-state index contributed by atoms with van der Waals surface area (Å²) >= 11 is 1.14. The molecule has 1 amide bonds. The predicted molar refractivity (Wildman–Crippen MR) is 76.0 cm³/mol. The number of aliphatic hydroxyl groups excluding tert-OH is 1. The smallest absolute Gasteiger partial charge is 0.231 e. The second-order valence-corrected chi connectivity index (χ2v) is 7.60. The van der Waals surface area contributed by atoms with Crippen molar-refractivity contribution in [1.29, 1.82) is 0 Å². The maximum Gasteiger partial charge on any atom is 0.231 e. The molecular formula is C11H17N3O4S2. The molecule has 1 aliphatic carbocycles. The second kappa shape index (κ2) is 6.06. The number of amides is 1. The zero-order valence-electron chi connectivity index (χ0n) is 11.0. The van der Waals surface area contributed by atoms with Gasteiger partial charge in [-0.1, -0.05) is 0 Å². The Morgan fingerprint density at radius 2 is 2.25 bits per heavy atom. The van der Waals surface area contributed by atoms with Crippen LogP contribution in [0.15, 0.2) is 5.38 Å². The molecule has 0 bridgehead atoms. The summed E-state index contributed by atoms with van der Waals surface area (Å²) in [5, 5.41) is 13.8. The lowest BCUT2D eigenvalue weighted by Crippen LogP contribution is -2.38. The van der Waals surface area contributed by atoms with Gasteiger partial charge in [0, 0.05) is 11.9 Å². The minimum atomic E-state index is -3.34. The van der Waals surface area contributed by atoms with Crippen molar-refractivity contribution in [3.05, 3.63) is 11.1 Å². The van der Waals surface area contributed by atoms with Crippen molar-refractivity contribution in [3.63, 3.8) is 0 Å². The van der Waals surface area contributed by atoms with E-state index in [9.17, 15) is 13.2 Å². The van der Waals surface area contributed by atoms with E-state index in [1.54, 1.807) is 5.38 Å². The van der Waals surface area contributed by atoms with Gasteiger partial charge < -0.3 is 10.4 Å². The Hall–Kier alpha value is -1.19. The summed E-state index contributed by atoms with van der Waals surface area (Å²) in [5.41, 5.74) is 0.535. The number of nitrogens with zero attached hydrogens (tertiary/aromatic N) is 1. The van der Waals surface area contributed by atoms with Crippen molar-refractivity contribution < 1.29 is 18.3 Å². The van der Waals surface area contributed by atoms with Crippen LogP contribution in [0.25, 0.3) is 0 Å². The Labute approximate surface area is 121 Å². The molecule has 0 spiro atoms. The lowest BCUT2D eigenvalue weighted by Gasteiger charge is -2.31. The average Bonchev–Trinajstić information content (AvgIpc) is 2.67. The van der Waals surface area contributed by atoms with E-state index in [4.69, 9.17) is 5.11 Å². The van der Waals surface area contributed by atoms with Gasteiger partial charge in [0.15, 0.2) is 5.13 Å². The van der Waals surface area contributed by atoms with E-state index >= 15 is 0 Å². The van der Waals surface area contributed by atoms with Crippen molar-refractivity contribution in [2.45, 2.75) is 25.4 Å². The van der Waals surface area contributed by atoms with Crippen LogP contribution in [0.3, 0.4) is 0 Å². The molecule has 1 aromatic heterocycles. The second-order valence-electron chi connectivity index (χ2n) is 4.99. The minimum Gasteiger partial charge on any atom is -0.393 e. The maximum absolute atomic E-state index is 11.7. The van der Waals surface area contributed by atoms with Gasteiger partial charge in [0.25, 0.3) is 0 Å². The Morgan fingerprint density at radius 1 is 1.55 bits per heavy atom. The van der Waals surface area contributed by atoms with Crippen molar-refractivity contribution >= 4 is 32.4 Å². The third-order valence-electron chi connectivity index (χ3n) is 2.96. The Kier molecular flexibility index (Phi) is 4.61. The summed E-state index contributed by atoms with van der Waals surface area (Å²) in [6.07, 6.45) is 2.42. The van der Waals surface area contributed by atoms with E-state index in [1.165, 1.54) is 0 Å². The van der Waals surface area contributed by atoms with E-state index in [0.29, 0.717) is 18.2 Å². The first-order chi connectivity index (χ1) is 9.32. The molecule has 0 saturated heterocycles. The Balaban J connectivity index is 1.76. The molecule has 7 nitrogen and oxygen atoms in total. The van der Waals surface area contributed by atoms with E-state index in [0.717, 1.165) is 30.4 Å². The van der Waals surface area contributed by atoms with Crippen LogP contribution in [0.4, 0.5) is 5.13 Å². The Morgan fingerprint density at radius 3 is 2.85 bits per heavy atom. The number of hydrogen-bond acceptors (Lipinski definition) is 6. The van der Waals surface area contributed by atoms with E-state index in [1.807, 2.05) is 0 Å². The fourth-order valence-electron chi connectivity index (χ4n) is 1.95. The number of sulfonamides is 1. The van der Waals surface area contributed by atoms with Gasteiger partial charge in [-0.3, -0.25) is 9.52 Å². The topological polar surface area (TPSA) is 108 Å². The fourth-order valence-corrected chi connectivity index (χ4v) is 3.51. The van der Waals surface area contributed by atoms with Gasteiger partial charge in [-0.05, 0) is 18.8 Å². The van der Waals surface area contributed by atoms with Crippen molar-refractivity contribution in [2.24, 2.45) is 5.92 Å². The summed E-state index contributed by atoms with van der Waals surface area (Å²) < 4.78 is 24.3. The van der Waals surface area contributed by atoms with Crippen LogP contribution in [-0.2, 0) is 21.2 Å². The number of aliphatic hydroxyl groups is 1. The van der Waals surface area contributed by atoms with Crippen molar-refractivity contribution in [1.82, 2.24) is 10.3 Å². The van der Waals surface area contributed by atoms with Gasteiger partial charge in [0.1, 0.15) is 0 Å². The van der Waals surface area contributed by atoms with Crippen LogP contribution in [0.1, 0.15) is 18.5 Å². The molecule has 1 aromatic rings. The third-order valence-corrected chi connectivity index (χ3v) is 4.46. The van der Waals surface area contributed by atoms with Crippen LogP contribution in [0.2, 0.25) is 0 Å². The molecule has 1 aliphatic rings. The average molecular weight is 319 g/mol. The molecule has 2 rings (SSSR count). The molecule has 0 atom stereocenters. The zero-order valence-corrected chi connectivity index (χ0v) is 12.6. The molecule has 9 heteroatoms. The molecule has 0 radical (unpaired) electrons. The first kappa shape index (κ1) is 15.2. The molecule has 1 heterocycles. The normalized spacial score (nSPS) is 22.1. The van der Waals surface area contributed by atoms with E-state index in [2.05, 4.69) is 15.0 Å². The molecule has 0 unspecified atom stereocenters. The number of thiazole rings is 1. The summed E-state index contributed by atoms with van der Waals surface area (Å²) in [6.45, 7) is 0.564. The SMILES string of the molecule is CS(=O)(=O)Nc1nc(CC(=O)NCC2CC(O)C2)cs1. The number of nitrogens with one attached hydrogen (secondary N) is 2. The molecule has 20 heavy (non-hydrogen) atoms. The number of anilines is 1. The highest BCUT2D eigenvalue weighted by molar-refractivity contribution is 7.92. The number of rotatable bonds is 6. The lowest BCUT2D eigenvalue weighted by molar-refractivity contribution is -0.121. The number of hydrogen-bond donors (Lipinski definition) is 3. The molecule has 0 aromatic carbocycles. The largest absolute Gasteiger partial charge is 0.393 e. The minimum absolute atomic E-state index is 0.122. The predicted octanol–water partition coefficient (Wildman–Crippen LogP) is -0.0558. The highest BCUT2D eigenvalue weighted by Gasteiger charge is 2.27. The molecule has 3 N–H and O–H groups in total. The van der Waals surface area contributed by atoms with Crippen LogP contribution >= 0.6 is 11.3 Å². The molecule has 1 saturated carbocycles. The quantitative estimate of drug-likeness (QED) is 0.681. The van der Waals surface area contributed by atoms with Gasteiger partial charge in [-0.25, -0.2) is 13.4 Å². The van der Waals surface area contributed by atoms with Crippen LogP contribution in [0, 0.1) is 5.92 Å². The van der Waals surface area contributed by atoms with Crippen molar-refractivity contribution in [2.75, 3.05) is 17.5 Å². The van der Waals surface area contributed by atoms with Gasteiger partial charge in [-0.2, -0.15) is 0 Å². The lowest BCUT2D eigenvalue weighted by atomic mass is 9.82. The summed E-state index contributed by atoms with van der Waals surface area (Å²) in [6, 6.07) is 0. The van der Waals surface area contributed by atoms with E-state index in [-0.39, 0.29) is 23.6 Å². The van der Waals surface area contributed by atoms with Crippen LogP contribution in [0.5, 0.6) is 0 Å². The summed E-state index contributed by atoms with van der Waals surface area (Å²) in [5.74, 6) is 0.203. The zero-order chi connectivity index (χ0) is 14.8. The van der Waals surface area contributed by atoms with Crippen LogP contribution < -0.4 is 10.0 Å². The first-order valence-corrected chi connectivity index (χ1v) is 8.96. The molecule has 1 fully saturated rings. The Bertz CT molecular complexity index is 578. The standard InChI is InChI=1S/C11H17N3O4S2/c1-20(17,18)14-11-13-8(6-19-11)4-10(16)12-5-7-2-9(15)3-7/h6-7,9,15H,2-5H2,1H3,(H,12,16)(H,13,14). The van der Waals surface area contributed by atoms with E-state index < -0.39 is 10.0 Å². The summed E-state index contributed by atoms with van der Waals surface area (Å²) in [4.78, 5) is 15.7. The number of carbonyl (C=O) groups excluding carboxylic acids is 1. The first-order valence-electron chi connectivity index (χ1n) is 6.19. The molecule has 112 valence electrons. The number of aromatic nitrogens is 1.